The SMILES string of the molecule is O=C(Nc1cnccc1Nc1cc(-c2cc(Cl)ccc2F)nc2ccccc12)C(F)(F)F. The number of fused-ring (bicyclic) bond motifs is 1. The number of halogens is 5. The van der Waals surface area contributed by atoms with Gasteiger partial charge in [0.1, 0.15) is 5.82 Å². The molecule has 4 aromatic rings. The lowest BCUT2D eigenvalue weighted by molar-refractivity contribution is -0.167. The van der Waals surface area contributed by atoms with Gasteiger partial charge in [0.05, 0.1) is 34.5 Å². The highest BCUT2D eigenvalue weighted by Gasteiger charge is 2.39. The third-order valence-electron chi connectivity index (χ3n) is 4.52. The van der Waals surface area contributed by atoms with Gasteiger partial charge in [-0.05, 0) is 36.4 Å². The van der Waals surface area contributed by atoms with Crippen LogP contribution in [0, 0.1) is 5.82 Å². The van der Waals surface area contributed by atoms with Crippen LogP contribution in [-0.4, -0.2) is 22.1 Å². The molecule has 0 bridgehead atoms. The van der Waals surface area contributed by atoms with Crippen LogP contribution in [0.2, 0.25) is 5.02 Å². The number of alkyl halides is 3. The number of rotatable bonds is 4. The van der Waals surface area contributed by atoms with Crippen LogP contribution in [-0.2, 0) is 4.79 Å². The smallest absolute Gasteiger partial charge is 0.353 e. The fraction of sp³-hybridized carbons (Fsp3) is 0.0455. The molecule has 5 nitrogen and oxygen atoms in total. The van der Waals surface area contributed by atoms with Crippen molar-refractivity contribution in [3.63, 3.8) is 0 Å². The van der Waals surface area contributed by atoms with Gasteiger partial charge >= 0.3 is 12.1 Å². The van der Waals surface area contributed by atoms with Crippen LogP contribution in [0.3, 0.4) is 0 Å². The number of nitrogens with zero attached hydrogens (tertiary/aromatic N) is 2. The van der Waals surface area contributed by atoms with Crippen molar-refractivity contribution in [2.24, 2.45) is 0 Å². The van der Waals surface area contributed by atoms with Gasteiger partial charge in [-0.3, -0.25) is 9.78 Å². The molecule has 10 heteroatoms. The molecule has 0 atom stereocenters. The molecule has 2 aromatic carbocycles. The molecule has 0 aliphatic rings. The average Bonchev–Trinajstić information content (AvgIpc) is 2.76. The quantitative estimate of drug-likeness (QED) is 0.349. The number of para-hydroxylation sites is 1. The van der Waals surface area contributed by atoms with Crippen LogP contribution in [0.1, 0.15) is 0 Å². The monoisotopic (exact) mass is 460 g/mol. The maximum Gasteiger partial charge on any atom is 0.471 e. The fourth-order valence-corrected chi connectivity index (χ4v) is 3.22. The molecule has 4 rings (SSSR count). The van der Waals surface area contributed by atoms with E-state index in [0.29, 0.717) is 21.6 Å². The van der Waals surface area contributed by atoms with Crippen LogP contribution < -0.4 is 10.6 Å². The van der Waals surface area contributed by atoms with E-state index in [9.17, 15) is 22.4 Å². The van der Waals surface area contributed by atoms with Gasteiger partial charge in [0.25, 0.3) is 0 Å². The van der Waals surface area contributed by atoms with E-state index in [4.69, 9.17) is 11.6 Å². The van der Waals surface area contributed by atoms with Gasteiger partial charge in [-0.25, -0.2) is 9.37 Å². The first-order valence-electron chi connectivity index (χ1n) is 9.17. The molecular formula is C22H13ClF4N4O. The van der Waals surface area contributed by atoms with Crippen molar-refractivity contribution in [3.8, 4) is 11.3 Å². The van der Waals surface area contributed by atoms with Gasteiger partial charge < -0.3 is 10.6 Å². The molecule has 162 valence electrons. The Bertz CT molecular complexity index is 1330. The predicted octanol–water partition coefficient (Wildman–Crippen LogP) is 6.33. The highest BCUT2D eigenvalue weighted by atomic mass is 35.5. The zero-order valence-electron chi connectivity index (χ0n) is 16.0. The highest BCUT2D eigenvalue weighted by molar-refractivity contribution is 6.30. The minimum absolute atomic E-state index is 0.159. The van der Waals surface area contributed by atoms with E-state index in [2.05, 4.69) is 15.3 Å². The third kappa shape index (κ3) is 4.47. The lowest BCUT2D eigenvalue weighted by atomic mass is 10.1. The summed E-state index contributed by atoms with van der Waals surface area (Å²) < 4.78 is 52.6. The fourth-order valence-electron chi connectivity index (χ4n) is 3.05. The van der Waals surface area contributed by atoms with Crippen molar-refractivity contribution in [2.75, 3.05) is 10.6 Å². The first-order chi connectivity index (χ1) is 15.2. The number of hydrogen-bond acceptors (Lipinski definition) is 4. The second-order valence-corrected chi connectivity index (χ2v) is 7.13. The summed E-state index contributed by atoms with van der Waals surface area (Å²) in [6.07, 6.45) is -2.62. The Balaban J connectivity index is 1.81. The lowest BCUT2D eigenvalue weighted by Gasteiger charge is -2.16. The number of hydrogen-bond donors (Lipinski definition) is 2. The maximum atomic E-state index is 14.5. The predicted molar refractivity (Wildman–Crippen MR) is 114 cm³/mol. The topological polar surface area (TPSA) is 66.9 Å². The molecule has 0 saturated heterocycles. The summed E-state index contributed by atoms with van der Waals surface area (Å²) in [4.78, 5) is 19.7. The Kier molecular flexibility index (Phi) is 5.67. The summed E-state index contributed by atoms with van der Waals surface area (Å²) >= 11 is 6.01. The number of benzene rings is 2. The van der Waals surface area contributed by atoms with Crippen LogP contribution >= 0.6 is 11.6 Å². The number of aromatic nitrogens is 2. The van der Waals surface area contributed by atoms with Gasteiger partial charge in [-0.15, -0.1) is 0 Å². The zero-order chi connectivity index (χ0) is 22.9. The number of carbonyl (C=O) groups excluding carboxylic acids is 1. The lowest BCUT2D eigenvalue weighted by Crippen LogP contribution is -2.30. The molecule has 0 spiro atoms. The van der Waals surface area contributed by atoms with Crippen LogP contribution in [0.15, 0.2) is 67.0 Å². The molecular weight excluding hydrogens is 448 g/mol. The van der Waals surface area contributed by atoms with E-state index in [-0.39, 0.29) is 22.6 Å². The molecule has 0 unspecified atom stereocenters. The van der Waals surface area contributed by atoms with Crippen LogP contribution in [0.5, 0.6) is 0 Å². The molecule has 0 radical (unpaired) electrons. The Hall–Kier alpha value is -3.72. The molecule has 0 aliphatic carbocycles. The first-order valence-corrected chi connectivity index (χ1v) is 9.54. The summed E-state index contributed by atoms with van der Waals surface area (Å²) in [7, 11) is 0. The van der Waals surface area contributed by atoms with E-state index < -0.39 is 17.9 Å². The van der Waals surface area contributed by atoms with Gasteiger partial charge in [-0.1, -0.05) is 29.8 Å². The van der Waals surface area contributed by atoms with Crippen LogP contribution in [0.25, 0.3) is 22.2 Å². The minimum Gasteiger partial charge on any atom is -0.353 e. The Labute approximate surface area is 184 Å². The normalized spacial score (nSPS) is 11.4. The van der Waals surface area contributed by atoms with Crippen molar-refractivity contribution in [1.29, 1.82) is 0 Å². The Morgan fingerprint density at radius 1 is 0.969 bits per heavy atom. The number of nitrogens with one attached hydrogen (secondary N) is 2. The van der Waals surface area contributed by atoms with Crippen molar-refractivity contribution in [1.82, 2.24) is 9.97 Å². The molecule has 1 amide bonds. The average molecular weight is 461 g/mol. The molecule has 0 saturated carbocycles. The third-order valence-corrected chi connectivity index (χ3v) is 4.75. The zero-order valence-corrected chi connectivity index (χ0v) is 16.8. The summed E-state index contributed by atoms with van der Waals surface area (Å²) in [6.45, 7) is 0. The highest BCUT2D eigenvalue weighted by Crippen LogP contribution is 2.34. The number of anilines is 3. The molecule has 2 N–H and O–H groups in total. The van der Waals surface area contributed by atoms with Gasteiger partial charge in [-0.2, -0.15) is 13.2 Å². The number of amides is 1. The first kappa shape index (κ1) is 21.5. The minimum atomic E-state index is -5.06. The molecule has 32 heavy (non-hydrogen) atoms. The Morgan fingerprint density at radius 2 is 1.75 bits per heavy atom. The van der Waals surface area contributed by atoms with E-state index in [1.54, 1.807) is 35.6 Å². The van der Waals surface area contributed by atoms with E-state index in [1.807, 2.05) is 0 Å². The van der Waals surface area contributed by atoms with Crippen molar-refractivity contribution in [3.05, 3.63) is 77.8 Å². The molecule has 0 aliphatic heterocycles. The standard InChI is InChI=1S/C22H13ClF4N4O/c23-12-5-6-15(24)14(9-12)19-10-18(13-3-1-2-4-16(13)29-19)30-17-7-8-28-11-20(17)31-21(32)22(25,26)27/h1-11H,(H,31,32)(H,28,29,30). The van der Waals surface area contributed by atoms with E-state index in [0.717, 1.165) is 6.20 Å². The van der Waals surface area contributed by atoms with E-state index >= 15 is 0 Å². The van der Waals surface area contributed by atoms with Crippen LogP contribution in [0.4, 0.5) is 34.6 Å². The van der Waals surface area contributed by atoms with E-state index in [1.165, 1.54) is 30.5 Å². The molecule has 2 heterocycles. The maximum absolute atomic E-state index is 14.5. The van der Waals surface area contributed by atoms with Crippen molar-refractivity contribution >= 4 is 45.5 Å². The summed E-state index contributed by atoms with van der Waals surface area (Å²) in [6, 6.07) is 14.0. The largest absolute Gasteiger partial charge is 0.471 e. The summed E-state index contributed by atoms with van der Waals surface area (Å²) in [5.41, 5.74) is 1.35. The van der Waals surface area contributed by atoms with Gasteiger partial charge in [0, 0.05) is 22.2 Å². The van der Waals surface area contributed by atoms with Crippen molar-refractivity contribution < 1.29 is 22.4 Å². The summed E-state index contributed by atoms with van der Waals surface area (Å²) in [5, 5.41) is 5.74. The number of pyridine rings is 2. The number of carbonyl (C=O) groups is 1. The molecule has 0 fully saturated rings. The second kappa shape index (κ2) is 8.43. The Morgan fingerprint density at radius 3 is 2.53 bits per heavy atom. The molecule has 2 aromatic heterocycles. The second-order valence-electron chi connectivity index (χ2n) is 6.69. The van der Waals surface area contributed by atoms with Gasteiger partial charge in [0.15, 0.2) is 0 Å². The summed E-state index contributed by atoms with van der Waals surface area (Å²) in [5.74, 6) is -2.67. The van der Waals surface area contributed by atoms with Crippen molar-refractivity contribution in [2.45, 2.75) is 6.18 Å². The van der Waals surface area contributed by atoms with Gasteiger partial charge in [0.2, 0.25) is 0 Å².